The molecule has 26 heavy (non-hydrogen) atoms. The van der Waals surface area contributed by atoms with E-state index in [1.54, 1.807) is 0 Å². The van der Waals surface area contributed by atoms with Gasteiger partial charge in [-0.2, -0.15) is 0 Å². The van der Waals surface area contributed by atoms with Crippen molar-refractivity contribution < 1.29 is 4.79 Å². The monoisotopic (exact) mass is 370 g/mol. The lowest BCUT2D eigenvalue weighted by atomic mass is 10.1. The number of piperazine rings is 1. The number of benzene rings is 2. The summed E-state index contributed by atoms with van der Waals surface area (Å²) in [5, 5.41) is 2.27. The van der Waals surface area contributed by atoms with Crippen molar-refractivity contribution in [3.8, 4) is 0 Å². The number of amides is 1. The van der Waals surface area contributed by atoms with Gasteiger partial charge in [0, 0.05) is 50.7 Å². The Morgan fingerprint density at radius 2 is 1.77 bits per heavy atom. The van der Waals surface area contributed by atoms with Gasteiger partial charge in [0.1, 0.15) is 0 Å². The first-order valence-electron chi connectivity index (χ1n) is 8.80. The van der Waals surface area contributed by atoms with Crippen LogP contribution < -0.4 is 4.90 Å². The molecule has 136 valence electrons. The number of hydrogen-bond donors (Lipinski definition) is 0. The summed E-state index contributed by atoms with van der Waals surface area (Å²) in [5.41, 5.74) is 0.766. The average molecular weight is 371 g/mol. The minimum atomic E-state index is 0. The van der Waals surface area contributed by atoms with E-state index in [1.807, 2.05) is 47.6 Å². The van der Waals surface area contributed by atoms with Crippen molar-refractivity contribution in [2.75, 3.05) is 31.1 Å². The first-order chi connectivity index (χ1) is 12.3. The molecular weight excluding hydrogens is 348 g/mol. The molecule has 0 aliphatic carbocycles. The summed E-state index contributed by atoms with van der Waals surface area (Å²) < 4.78 is 2.14. The topological polar surface area (TPSA) is 41.4 Å². The molecule has 0 spiro atoms. The highest BCUT2D eigenvalue weighted by Crippen LogP contribution is 2.19. The Hall–Kier alpha value is -2.53. The van der Waals surface area contributed by atoms with E-state index in [0.717, 1.165) is 55.0 Å². The summed E-state index contributed by atoms with van der Waals surface area (Å²) in [4.78, 5) is 21.5. The van der Waals surface area contributed by atoms with Crippen molar-refractivity contribution in [2.24, 2.45) is 0 Å². The van der Waals surface area contributed by atoms with E-state index in [2.05, 4.69) is 33.5 Å². The highest BCUT2D eigenvalue weighted by molar-refractivity contribution is 5.98. The van der Waals surface area contributed by atoms with Crippen LogP contribution in [-0.2, 0) is 6.54 Å². The zero-order valence-electron chi connectivity index (χ0n) is 14.8. The van der Waals surface area contributed by atoms with Crippen molar-refractivity contribution in [3.05, 3.63) is 60.4 Å². The summed E-state index contributed by atoms with van der Waals surface area (Å²) >= 11 is 0. The van der Waals surface area contributed by atoms with E-state index < -0.39 is 0 Å². The summed E-state index contributed by atoms with van der Waals surface area (Å²) in [6.45, 7) is 6.10. The highest BCUT2D eigenvalue weighted by atomic mass is 35.5. The third kappa shape index (κ3) is 3.40. The number of imidazole rings is 1. The van der Waals surface area contributed by atoms with E-state index in [4.69, 9.17) is 0 Å². The molecule has 1 amide bonds. The van der Waals surface area contributed by atoms with Gasteiger partial charge in [0.15, 0.2) is 0 Å². The number of fused-ring (bicyclic) bond motifs is 1. The first-order valence-corrected chi connectivity index (χ1v) is 8.80. The highest BCUT2D eigenvalue weighted by Gasteiger charge is 2.24. The molecule has 1 aliphatic rings. The van der Waals surface area contributed by atoms with Gasteiger partial charge in [0.05, 0.1) is 0 Å². The molecule has 0 N–H and O–H groups in total. The molecule has 2 aromatic carbocycles. The third-order valence-corrected chi connectivity index (χ3v) is 4.88. The number of rotatable bonds is 3. The van der Waals surface area contributed by atoms with Gasteiger partial charge in [-0.1, -0.05) is 30.3 Å². The van der Waals surface area contributed by atoms with E-state index in [1.165, 1.54) is 0 Å². The number of anilines is 1. The van der Waals surface area contributed by atoms with Crippen LogP contribution in [0.25, 0.3) is 10.8 Å². The molecule has 1 aliphatic heterocycles. The van der Waals surface area contributed by atoms with Gasteiger partial charge < -0.3 is 14.4 Å². The van der Waals surface area contributed by atoms with Gasteiger partial charge in [-0.05, 0) is 29.8 Å². The Morgan fingerprint density at radius 1 is 1.04 bits per heavy atom. The summed E-state index contributed by atoms with van der Waals surface area (Å²) in [6, 6.07) is 14.1. The molecular formula is C20H23ClN4O. The fourth-order valence-electron chi connectivity index (χ4n) is 3.45. The number of carbonyl (C=O) groups excluding carboxylic acids is 1. The second-order valence-electron chi connectivity index (χ2n) is 6.35. The second-order valence-corrected chi connectivity index (χ2v) is 6.35. The maximum absolute atomic E-state index is 12.8. The number of aryl methyl sites for hydroxylation is 1. The summed E-state index contributed by atoms with van der Waals surface area (Å²) in [6.07, 6.45) is 3.84. The van der Waals surface area contributed by atoms with Crippen LogP contribution in [0.1, 0.15) is 17.3 Å². The molecule has 5 nitrogen and oxygen atoms in total. The summed E-state index contributed by atoms with van der Waals surface area (Å²) in [5.74, 6) is 1.12. The number of aromatic nitrogens is 2. The van der Waals surface area contributed by atoms with Crippen molar-refractivity contribution in [1.29, 1.82) is 0 Å². The van der Waals surface area contributed by atoms with E-state index in [9.17, 15) is 4.79 Å². The maximum atomic E-state index is 12.8. The second kappa shape index (κ2) is 7.79. The van der Waals surface area contributed by atoms with Crippen LogP contribution in [0.2, 0.25) is 0 Å². The standard InChI is InChI=1S/C20H22N4O.ClH/c1-2-22-10-9-21-20(22)24-13-11-23(12-14-24)19(25)18-8-7-16-5-3-4-6-17(16)15-18;/h3-10,15H,2,11-14H2,1H3;1H. The van der Waals surface area contributed by atoms with Gasteiger partial charge >= 0.3 is 0 Å². The molecule has 3 aromatic rings. The predicted octanol–water partition coefficient (Wildman–Crippen LogP) is 3.44. The van der Waals surface area contributed by atoms with Gasteiger partial charge in [-0.25, -0.2) is 4.98 Å². The Kier molecular flexibility index (Phi) is 5.47. The molecule has 0 radical (unpaired) electrons. The van der Waals surface area contributed by atoms with Crippen LogP contribution in [0, 0.1) is 0 Å². The van der Waals surface area contributed by atoms with E-state index in [0.29, 0.717) is 0 Å². The average Bonchev–Trinajstić information content (AvgIpc) is 3.16. The maximum Gasteiger partial charge on any atom is 0.253 e. The molecule has 0 saturated carbocycles. The lowest BCUT2D eigenvalue weighted by Gasteiger charge is -2.35. The normalized spacial score (nSPS) is 14.3. The minimum absolute atomic E-state index is 0. The number of nitrogens with zero attached hydrogens (tertiary/aromatic N) is 4. The predicted molar refractivity (Wildman–Crippen MR) is 107 cm³/mol. The molecule has 4 rings (SSSR count). The Labute approximate surface area is 159 Å². The number of hydrogen-bond acceptors (Lipinski definition) is 3. The summed E-state index contributed by atoms with van der Waals surface area (Å²) in [7, 11) is 0. The van der Waals surface area contributed by atoms with Crippen LogP contribution >= 0.6 is 12.4 Å². The molecule has 0 atom stereocenters. The Balaban J connectivity index is 0.00000196. The number of carbonyl (C=O) groups is 1. The van der Waals surface area contributed by atoms with Crippen molar-refractivity contribution in [3.63, 3.8) is 0 Å². The molecule has 2 heterocycles. The van der Waals surface area contributed by atoms with Crippen molar-refractivity contribution >= 4 is 35.0 Å². The molecule has 0 bridgehead atoms. The minimum Gasteiger partial charge on any atom is -0.339 e. The van der Waals surface area contributed by atoms with Crippen molar-refractivity contribution in [2.45, 2.75) is 13.5 Å². The third-order valence-electron chi connectivity index (χ3n) is 4.88. The Morgan fingerprint density at radius 3 is 2.50 bits per heavy atom. The Bertz CT molecular complexity index is 899. The molecule has 1 saturated heterocycles. The zero-order chi connectivity index (χ0) is 17.2. The van der Waals surface area contributed by atoms with Gasteiger partial charge in [0.2, 0.25) is 5.95 Å². The largest absolute Gasteiger partial charge is 0.339 e. The van der Waals surface area contributed by atoms with Crippen LogP contribution in [-0.4, -0.2) is 46.5 Å². The smallest absolute Gasteiger partial charge is 0.253 e. The quantitative estimate of drug-likeness (QED) is 0.709. The molecule has 6 heteroatoms. The van der Waals surface area contributed by atoms with Crippen molar-refractivity contribution in [1.82, 2.24) is 14.5 Å². The lowest BCUT2D eigenvalue weighted by molar-refractivity contribution is 0.0746. The number of halogens is 1. The van der Waals surface area contributed by atoms with Gasteiger partial charge in [0.25, 0.3) is 5.91 Å². The molecule has 1 fully saturated rings. The van der Waals surface area contributed by atoms with Gasteiger partial charge in [-0.15, -0.1) is 12.4 Å². The van der Waals surface area contributed by atoms with Crippen LogP contribution in [0.5, 0.6) is 0 Å². The van der Waals surface area contributed by atoms with E-state index in [-0.39, 0.29) is 18.3 Å². The first kappa shape index (κ1) is 18.3. The van der Waals surface area contributed by atoms with Crippen LogP contribution in [0.4, 0.5) is 5.95 Å². The fourth-order valence-corrected chi connectivity index (χ4v) is 3.45. The SMILES string of the molecule is CCn1ccnc1N1CCN(C(=O)c2ccc3ccccc3c2)CC1.Cl. The van der Waals surface area contributed by atoms with Gasteiger partial charge in [-0.3, -0.25) is 4.79 Å². The van der Waals surface area contributed by atoms with Crippen LogP contribution in [0.15, 0.2) is 54.9 Å². The van der Waals surface area contributed by atoms with Crippen LogP contribution in [0.3, 0.4) is 0 Å². The fraction of sp³-hybridized carbons (Fsp3) is 0.300. The lowest BCUT2D eigenvalue weighted by Crippen LogP contribution is -2.49. The molecule has 1 aromatic heterocycles. The molecule has 0 unspecified atom stereocenters. The van der Waals surface area contributed by atoms with E-state index >= 15 is 0 Å². The zero-order valence-corrected chi connectivity index (χ0v) is 15.7.